The summed E-state index contributed by atoms with van der Waals surface area (Å²) in [6.45, 7) is 3.56. The van der Waals surface area contributed by atoms with Crippen molar-refractivity contribution < 1.29 is 13.3 Å². The summed E-state index contributed by atoms with van der Waals surface area (Å²) in [5.41, 5.74) is 0.818. The third-order valence-corrected chi connectivity index (χ3v) is 4.07. The van der Waals surface area contributed by atoms with Gasteiger partial charge in [-0.1, -0.05) is 12.1 Å². The molecule has 0 aliphatic rings. The highest BCUT2D eigenvalue weighted by Crippen LogP contribution is 2.27. The number of hydrogen-bond acceptors (Lipinski definition) is 6. The van der Waals surface area contributed by atoms with Gasteiger partial charge in [0.15, 0.2) is 5.82 Å². The summed E-state index contributed by atoms with van der Waals surface area (Å²) >= 11 is 0. The molecule has 0 unspecified atom stereocenters. The van der Waals surface area contributed by atoms with E-state index in [1.54, 1.807) is 26.0 Å². The highest BCUT2D eigenvalue weighted by atomic mass is 35.7. The minimum absolute atomic E-state index is 0.0755. The number of nitrogens with zero attached hydrogens (tertiary/aromatic N) is 4. The zero-order chi connectivity index (χ0) is 15.8. The molecule has 1 aromatic heterocycles. The highest BCUT2D eigenvalue weighted by molar-refractivity contribution is 8.13. The molecule has 0 fully saturated rings. The first kappa shape index (κ1) is 15.4. The van der Waals surface area contributed by atoms with Gasteiger partial charge >= 0.3 is 0 Å². The van der Waals surface area contributed by atoms with Gasteiger partial charge in [-0.05, 0) is 13.8 Å². The number of benzene rings is 1. The second kappa shape index (κ2) is 5.41. The first-order valence-corrected chi connectivity index (χ1v) is 8.20. The Morgan fingerprint density at radius 3 is 2.57 bits per heavy atom. The largest absolute Gasteiger partial charge is 0.297 e. The molecule has 0 spiro atoms. The first-order chi connectivity index (χ1) is 9.75. The van der Waals surface area contributed by atoms with Gasteiger partial charge < -0.3 is 0 Å². The fourth-order valence-electron chi connectivity index (χ4n) is 1.91. The van der Waals surface area contributed by atoms with E-state index in [9.17, 15) is 18.5 Å². The molecule has 112 valence electrons. The fraction of sp³-hybridized carbons (Fsp3) is 0.273. The zero-order valence-electron chi connectivity index (χ0n) is 11.1. The van der Waals surface area contributed by atoms with E-state index < -0.39 is 14.0 Å². The van der Waals surface area contributed by atoms with Gasteiger partial charge in [0.1, 0.15) is 0 Å². The van der Waals surface area contributed by atoms with Crippen LogP contribution in [0.25, 0.3) is 11.4 Å². The number of rotatable bonds is 4. The van der Waals surface area contributed by atoms with Crippen LogP contribution in [-0.2, 0) is 15.6 Å². The van der Waals surface area contributed by atoms with Gasteiger partial charge in [-0.2, -0.15) is 0 Å². The third kappa shape index (κ3) is 2.88. The lowest BCUT2D eigenvalue weighted by molar-refractivity contribution is -0.385. The Balaban J connectivity index is 2.66. The molecule has 0 radical (unpaired) electrons. The molecule has 0 bridgehead atoms. The molecule has 1 aromatic carbocycles. The maximum Gasteiger partial charge on any atom is 0.296 e. The molecule has 10 heteroatoms. The van der Waals surface area contributed by atoms with Gasteiger partial charge in [0.05, 0.1) is 4.92 Å². The van der Waals surface area contributed by atoms with Crippen molar-refractivity contribution in [3.63, 3.8) is 0 Å². The Morgan fingerprint density at radius 1 is 1.38 bits per heavy atom. The van der Waals surface area contributed by atoms with E-state index >= 15 is 0 Å². The van der Waals surface area contributed by atoms with Crippen LogP contribution in [0.1, 0.15) is 12.5 Å². The lowest BCUT2D eigenvalue weighted by Crippen LogP contribution is -2.06. The molecule has 8 nitrogen and oxygen atoms in total. The monoisotopic (exact) mass is 330 g/mol. The summed E-state index contributed by atoms with van der Waals surface area (Å²) in [5, 5.41) is 17.9. The lowest BCUT2D eigenvalue weighted by Gasteiger charge is -2.06. The van der Waals surface area contributed by atoms with Gasteiger partial charge in [-0.3, -0.25) is 14.7 Å². The molecule has 0 atom stereocenters. The van der Waals surface area contributed by atoms with Crippen molar-refractivity contribution in [1.29, 1.82) is 0 Å². The first-order valence-electron chi connectivity index (χ1n) is 5.89. The predicted molar refractivity (Wildman–Crippen MR) is 75.6 cm³/mol. The second-order valence-electron chi connectivity index (χ2n) is 4.25. The summed E-state index contributed by atoms with van der Waals surface area (Å²) < 4.78 is 24.1. The summed E-state index contributed by atoms with van der Waals surface area (Å²) in [5.74, 6) is 0.208. The van der Waals surface area contributed by atoms with Crippen LogP contribution in [0.5, 0.6) is 0 Å². The van der Waals surface area contributed by atoms with Crippen molar-refractivity contribution in [2.24, 2.45) is 0 Å². The second-order valence-corrected chi connectivity index (χ2v) is 6.71. The average Bonchev–Trinajstić information content (AvgIpc) is 2.82. The Morgan fingerprint density at radius 2 is 2.05 bits per heavy atom. The molecule has 2 aromatic rings. The fourth-order valence-corrected chi connectivity index (χ4v) is 2.87. The molecule has 0 saturated heterocycles. The van der Waals surface area contributed by atoms with E-state index in [0.717, 1.165) is 0 Å². The number of nitro groups is 1. The van der Waals surface area contributed by atoms with Gasteiger partial charge in [0.2, 0.25) is 0 Å². The van der Waals surface area contributed by atoms with Crippen LogP contribution in [0.2, 0.25) is 0 Å². The van der Waals surface area contributed by atoms with Crippen molar-refractivity contribution in [2.75, 3.05) is 0 Å². The lowest BCUT2D eigenvalue weighted by atomic mass is 10.1. The summed E-state index contributed by atoms with van der Waals surface area (Å²) in [7, 11) is 1.25. The van der Waals surface area contributed by atoms with Crippen molar-refractivity contribution in [3.05, 3.63) is 33.9 Å². The van der Waals surface area contributed by atoms with Gasteiger partial charge in [0.25, 0.3) is 19.9 Å². The van der Waals surface area contributed by atoms with Crippen LogP contribution >= 0.6 is 10.7 Å². The number of nitro benzene ring substituents is 1. The third-order valence-electron chi connectivity index (χ3n) is 2.92. The molecular weight excluding hydrogens is 320 g/mol. The smallest absolute Gasteiger partial charge is 0.296 e. The molecule has 2 rings (SSSR count). The molecule has 0 aliphatic carbocycles. The van der Waals surface area contributed by atoms with E-state index in [1.165, 1.54) is 10.6 Å². The highest BCUT2D eigenvalue weighted by Gasteiger charge is 2.23. The normalized spacial score (nSPS) is 11.6. The molecule has 21 heavy (non-hydrogen) atoms. The Kier molecular flexibility index (Phi) is 3.97. The number of halogens is 1. The van der Waals surface area contributed by atoms with Crippen LogP contribution in [0.4, 0.5) is 5.69 Å². The van der Waals surface area contributed by atoms with E-state index in [4.69, 9.17) is 10.7 Å². The van der Waals surface area contributed by atoms with Crippen LogP contribution in [0, 0.1) is 17.0 Å². The number of aromatic nitrogens is 3. The number of aryl methyl sites for hydroxylation is 1. The minimum atomic E-state index is -4.04. The Labute approximate surface area is 124 Å². The SMILES string of the molecule is CCn1c(-c2ccc(C)c([N+](=O)[O-])c2)nnc1S(=O)(=O)Cl. The standard InChI is InChI=1S/C11H11ClN4O4S/c1-3-15-10(13-14-11(15)21(12,19)20)8-5-4-7(2)9(6-8)16(17)18/h4-6H,3H2,1-2H3. The van der Waals surface area contributed by atoms with Crippen molar-refractivity contribution in [3.8, 4) is 11.4 Å². The van der Waals surface area contributed by atoms with E-state index in [2.05, 4.69) is 10.2 Å². The quantitative estimate of drug-likeness (QED) is 0.482. The van der Waals surface area contributed by atoms with Crippen molar-refractivity contribution in [2.45, 2.75) is 25.5 Å². The summed E-state index contributed by atoms with van der Waals surface area (Å²) in [6.07, 6.45) is 0. The van der Waals surface area contributed by atoms with E-state index in [-0.39, 0.29) is 23.2 Å². The topological polar surface area (TPSA) is 108 Å². The van der Waals surface area contributed by atoms with Gasteiger partial charge in [0, 0.05) is 34.4 Å². The Hall–Kier alpha value is -2.00. The molecule has 0 saturated carbocycles. The molecular formula is C11H11ClN4O4S. The van der Waals surface area contributed by atoms with Gasteiger partial charge in [-0.15, -0.1) is 10.2 Å². The zero-order valence-corrected chi connectivity index (χ0v) is 12.7. The molecule has 0 aliphatic heterocycles. The number of hydrogen-bond donors (Lipinski definition) is 0. The van der Waals surface area contributed by atoms with Crippen molar-refractivity contribution >= 4 is 25.4 Å². The van der Waals surface area contributed by atoms with Crippen LogP contribution in [0.3, 0.4) is 0 Å². The van der Waals surface area contributed by atoms with E-state index in [0.29, 0.717) is 11.1 Å². The molecule has 1 heterocycles. The maximum absolute atomic E-state index is 11.4. The predicted octanol–water partition coefficient (Wildman–Crippen LogP) is 2.11. The van der Waals surface area contributed by atoms with Crippen LogP contribution in [0.15, 0.2) is 23.4 Å². The Bertz CT molecular complexity index is 816. The summed E-state index contributed by atoms with van der Waals surface area (Å²) in [6, 6.07) is 4.51. The maximum atomic E-state index is 11.4. The molecule has 0 N–H and O–H groups in total. The van der Waals surface area contributed by atoms with E-state index in [1.807, 2.05) is 0 Å². The molecule has 0 amide bonds. The van der Waals surface area contributed by atoms with Crippen LogP contribution in [-0.4, -0.2) is 28.1 Å². The van der Waals surface area contributed by atoms with Crippen molar-refractivity contribution in [1.82, 2.24) is 14.8 Å². The minimum Gasteiger partial charge on any atom is -0.297 e. The average molecular weight is 331 g/mol. The van der Waals surface area contributed by atoms with Gasteiger partial charge in [-0.25, -0.2) is 8.42 Å². The van der Waals surface area contributed by atoms with Crippen LogP contribution < -0.4 is 0 Å². The summed E-state index contributed by atoms with van der Waals surface area (Å²) in [4.78, 5) is 10.5.